The maximum Gasteiger partial charge on any atom is 0.305 e. The largest absolute Gasteiger partial charge is 0.381 e. The van der Waals surface area contributed by atoms with E-state index in [0.29, 0.717) is 5.01 Å². The van der Waals surface area contributed by atoms with Crippen LogP contribution in [0.3, 0.4) is 0 Å². The van der Waals surface area contributed by atoms with Crippen molar-refractivity contribution in [3.63, 3.8) is 0 Å². The number of hydrogen-bond acceptors (Lipinski definition) is 5. The van der Waals surface area contributed by atoms with Gasteiger partial charge in [0.15, 0.2) is 0 Å². The molecule has 1 N–H and O–H groups in total. The van der Waals surface area contributed by atoms with Crippen molar-refractivity contribution in [2.75, 3.05) is 0 Å². The Morgan fingerprint density at radius 1 is 1.53 bits per heavy atom. The third-order valence-corrected chi connectivity index (χ3v) is 3.00. The second-order valence-corrected chi connectivity index (χ2v) is 4.17. The average molecular weight is 254 g/mol. The predicted octanol–water partition coefficient (Wildman–Crippen LogP) is 2.27. The van der Waals surface area contributed by atoms with E-state index in [0.717, 1.165) is 12.1 Å². The molecule has 1 aromatic carbocycles. The number of aromatic nitrogens is 1. The predicted molar refractivity (Wildman–Crippen MR) is 59.2 cm³/mol. The summed E-state index contributed by atoms with van der Waals surface area (Å²) in [7, 11) is 0. The van der Waals surface area contributed by atoms with Gasteiger partial charge in [0, 0.05) is 17.6 Å². The van der Waals surface area contributed by atoms with Gasteiger partial charge in [0.25, 0.3) is 0 Å². The number of aliphatic hydroxyl groups is 1. The number of nitro groups is 1. The first-order valence-corrected chi connectivity index (χ1v) is 5.49. The molecule has 1 heterocycles. The Labute approximate surface area is 99.3 Å². The van der Waals surface area contributed by atoms with Crippen molar-refractivity contribution in [1.82, 2.24) is 4.98 Å². The van der Waals surface area contributed by atoms with Gasteiger partial charge in [-0.15, -0.1) is 11.3 Å². The molecule has 17 heavy (non-hydrogen) atoms. The van der Waals surface area contributed by atoms with Crippen molar-refractivity contribution >= 4 is 17.0 Å². The van der Waals surface area contributed by atoms with E-state index in [1.165, 1.54) is 23.6 Å². The molecule has 1 atom stereocenters. The molecule has 0 amide bonds. The lowest BCUT2D eigenvalue weighted by Gasteiger charge is -2.07. The Kier molecular flexibility index (Phi) is 3.12. The van der Waals surface area contributed by atoms with Crippen LogP contribution in [0.4, 0.5) is 10.1 Å². The summed E-state index contributed by atoms with van der Waals surface area (Å²) in [5.41, 5.74) is -0.411. The van der Waals surface area contributed by atoms with Gasteiger partial charge >= 0.3 is 5.69 Å². The summed E-state index contributed by atoms with van der Waals surface area (Å²) in [5.74, 6) is -0.926. The van der Waals surface area contributed by atoms with E-state index in [1.807, 2.05) is 0 Å². The molecule has 88 valence electrons. The molecule has 5 nitrogen and oxygen atoms in total. The summed E-state index contributed by atoms with van der Waals surface area (Å²) in [6.45, 7) is 0. The number of thiazole rings is 1. The van der Waals surface area contributed by atoms with E-state index in [9.17, 15) is 19.6 Å². The number of aliphatic hydroxyl groups excluding tert-OH is 1. The van der Waals surface area contributed by atoms with Gasteiger partial charge in [-0.25, -0.2) is 4.98 Å². The first-order valence-electron chi connectivity index (χ1n) is 4.61. The third kappa shape index (κ3) is 2.29. The van der Waals surface area contributed by atoms with Crippen LogP contribution in [0.25, 0.3) is 0 Å². The van der Waals surface area contributed by atoms with Crippen molar-refractivity contribution in [1.29, 1.82) is 0 Å². The Morgan fingerprint density at radius 2 is 2.29 bits per heavy atom. The number of halogens is 1. The zero-order chi connectivity index (χ0) is 12.4. The van der Waals surface area contributed by atoms with Crippen LogP contribution >= 0.6 is 11.3 Å². The van der Waals surface area contributed by atoms with E-state index in [-0.39, 0.29) is 5.56 Å². The number of rotatable bonds is 3. The van der Waals surface area contributed by atoms with E-state index >= 15 is 0 Å². The zero-order valence-corrected chi connectivity index (χ0v) is 9.22. The minimum absolute atomic E-state index is 0.244. The van der Waals surface area contributed by atoms with Gasteiger partial charge in [0.1, 0.15) is 11.1 Å². The molecule has 2 rings (SSSR count). The Morgan fingerprint density at radius 3 is 2.88 bits per heavy atom. The van der Waals surface area contributed by atoms with E-state index in [2.05, 4.69) is 4.98 Å². The van der Waals surface area contributed by atoms with Crippen LogP contribution in [0.15, 0.2) is 29.8 Å². The van der Waals surface area contributed by atoms with Gasteiger partial charge in [0.2, 0.25) is 5.82 Å². The maximum atomic E-state index is 13.1. The molecule has 0 aliphatic rings. The van der Waals surface area contributed by atoms with Gasteiger partial charge < -0.3 is 5.11 Å². The lowest BCUT2D eigenvalue weighted by Crippen LogP contribution is -2.01. The van der Waals surface area contributed by atoms with Crippen molar-refractivity contribution in [3.05, 3.63) is 56.3 Å². The molecular formula is C10H7FN2O3S. The molecular weight excluding hydrogens is 247 g/mol. The Balaban J connectivity index is 2.40. The second-order valence-electron chi connectivity index (χ2n) is 3.24. The highest BCUT2D eigenvalue weighted by Gasteiger charge is 2.19. The summed E-state index contributed by atoms with van der Waals surface area (Å²) < 4.78 is 13.1. The van der Waals surface area contributed by atoms with Crippen LogP contribution in [0, 0.1) is 15.9 Å². The number of hydrogen-bond donors (Lipinski definition) is 1. The molecule has 0 aliphatic heterocycles. The summed E-state index contributed by atoms with van der Waals surface area (Å²) in [4.78, 5) is 13.6. The van der Waals surface area contributed by atoms with Gasteiger partial charge in [-0.2, -0.15) is 4.39 Å². The minimum Gasteiger partial charge on any atom is -0.381 e. The zero-order valence-electron chi connectivity index (χ0n) is 8.41. The van der Waals surface area contributed by atoms with Crippen LogP contribution in [-0.2, 0) is 0 Å². The standard InChI is InChI=1S/C10H7FN2O3S/c11-7-2-1-6(5-8(7)13(15)16)9(14)10-12-3-4-17-10/h1-5,9,14H. The quantitative estimate of drug-likeness (QED) is 0.673. The molecule has 2 aromatic rings. The van der Waals surface area contributed by atoms with Crippen LogP contribution in [-0.4, -0.2) is 15.0 Å². The molecule has 1 aromatic heterocycles. The van der Waals surface area contributed by atoms with Gasteiger partial charge in [-0.3, -0.25) is 10.1 Å². The molecule has 0 spiro atoms. The lowest BCUT2D eigenvalue weighted by atomic mass is 10.1. The molecule has 1 unspecified atom stereocenters. The average Bonchev–Trinajstić information content (AvgIpc) is 2.81. The van der Waals surface area contributed by atoms with Gasteiger partial charge in [-0.05, 0) is 11.6 Å². The number of benzene rings is 1. The highest BCUT2D eigenvalue weighted by atomic mass is 32.1. The maximum absolute atomic E-state index is 13.1. The monoisotopic (exact) mass is 254 g/mol. The van der Waals surface area contributed by atoms with Crippen LogP contribution in [0.5, 0.6) is 0 Å². The Hall–Kier alpha value is -1.86. The summed E-state index contributed by atoms with van der Waals surface area (Å²) >= 11 is 1.22. The topological polar surface area (TPSA) is 76.3 Å². The molecule has 0 radical (unpaired) electrons. The van der Waals surface area contributed by atoms with Gasteiger partial charge in [0.05, 0.1) is 4.92 Å². The second kappa shape index (κ2) is 4.56. The first kappa shape index (κ1) is 11.6. The fraction of sp³-hybridized carbons (Fsp3) is 0.100. The van der Waals surface area contributed by atoms with E-state index in [1.54, 1.807) is 5.38 Å². The SMILES string of the molecule is O=[N+]([O-])c1cc(C(O)c2nccs2)ccc1F. The summed E-state index contributed by atoms with van der Waals surface area (Å²) in [5, 5.41) is 22.5. The highest BCUT2D eigenvalue weighted by Crippen LogP contribution is 2.27. The minimum atomic E-state index is -1.07. The lowest BCUT2D eigenvalue weighted by molar-refractivity contribution is -0.387. The number of nitrogens with zero attached hydrogens (tertiary/aromatic N) is 2. The van der Waals surface area contributed by atoms with Crippen LogP contribution in [0.2, 0.25) is 0 Å². The number of nitro benzene ring substituents is 1. The first-order chi connectivity index (χ1) is 8.09. The van der Waals surface area contributed by atoms with E-state index < -0.39 is 22.5 Å². The molecule has 0 aliphatic carbocycles. The molecule has 0 saturated heterocycles. The van der Waals surface area contributed by atoms with Crippen LogP contribution in [0.1, 0.15) is 16.7 Å². The van der Waals surface area contributed by atoms with Crippen molar-refractivity contribution in [2.24, 2.45) is 0 Å². The van der Waals surface area contributed by atoms with Crippen molar-refractivity contribution < 1.29 is 14.4 Å². The highest BCUT2D eigenvalue weighted by molar-refractivity contribution is 7.09. The van der Waals surface area contributed by atoms with Crippen molar-refractivity contribution in [3.8, 4) is 0 Å². The smallest absolute Gasteiger partial charge is 0.305 e. The van der Waals surface area contributed by atoms with Crippen LogP contribution < -0.4 is 0 Å². The van der Waals surface area contributed by atoms with E-state index in [4.69, 9.17) is 0 Å². The summed E-state index contributed by atoms with van der Waals surface area (Å²) in [6, 6.07) is 3.28. The fourth-order valence-electron chi connectivity index (χ4n) is 1.35. The molecule has 0 saturated carbocycles. The van der Waals surface area contributed by atoms with Gasteiger partial charge in [-0.1, -0.05) is 6.07 Å². The molecule has 7 heteroatoms. The van der Waals surface area contributed by atoms with Crippen molar-refractivity contribution in [2.45, 2.75) is 6.10 Å². The molecule has 0 bridgehead atoms. The summed E-state index contributed by atoms with van der Waals surface area (Å²) in [6.07, 6.45) is 0.440. The normalized spacial score (nSPS) is 12.4. The Bertz CT molecular complexity index is 544. The molecule has 0 fully saturated rings. The third-order valence-electron chi connectivity index (χ3n) is 2.17. The fourth-order valence-corrected chi connectivity index (χ4v) is 2.00.